The van der Waals surface area contributed by atoms with Crippen LogP contribution in [0.2, 0.25) is 0 Å². The Kier molecular flexibility index (Phi) is 6.06. The molecule has 1 fully saturated rings. The molecule has 29 heavy (non-hydrogen) atoms. The Morgan fingerprint density at radius 1 is 0.931 bits per heavy atom. The molecule has 1 aliphatic rings. The van der Waals surface area contributed by atoms with Gasteiger partial charge in [-0.15, -0.1) is 0 Å². The van der Waals surface area contributed by atoms with E-state index in [4.69, 9.17) is 0 Å². The lowest BCUT2D eigenvalue weighted by Gasteiger charge is -2.33. The van der Waals surface area contributed by atoms with Gasteiger partial charge in [-0.3, -0.25) is 4.79 Å². The van der Waals surface area contributed by atoms with Crippen LogP contribution in [0.4, 0.5) is 13.2 Å². The van der Waals surface area contributed by atoms with Crippen molar-refractivity contribution >= 4 is 17.4 Å². The number of amides is 1. The Morgan fingerprint density at radius 2 is 1.52 bits per heavy atom. The van der Waals surface area contributed by atoms with Gasteiger partial charge in [-0.1, -0.05) is 30.3 Å². The summed E-state index contributed by atoms with van der Waals surface area (Å²) in [7, 11) is 0. The second kappa shape index (κ2) is 8.51. The predicted octanol–water partition coefficient (Wildman–Crippen LogP) is 4.73. The number of hydrogen-bond acceptors (Lipinski definition) is 2. The molecule has 1 amide bonds. The Labute approximate surface area is 166 Å². The standard InChI is InChI=1S/C22H20F3NO3/c23-22(24,25)18-8-6-15(7-9-18)19(14-20(27)28)16-10-12-26(13-11-16)21(29)17-4-2-1-3-5-17/h1-9,14,16H,10-13H2,(H,27,28)/b19-14+. The minimum absolute atomic E-state index is 0.0812. The molecule has 1 N–H and O–H groups in total. The molecule has 1 aliphatic heterocycles. The van der Waals surface area contributed by atoms with E-state index >= 15 is 0 Å². The lowest BCUT2D eigenvalue weighted by Crippen LogP contribution is -2.38. The minimum Gasteiger partial charge on any atom is -0.478 e. The Hall–Kier alpha value is -3.09. The smallest absolute Gasteiger partial charge is 0.416 e. The van der Waals surface area contributed by atoms with E-state index in [1.165, 1.54) is 12.1 Å². The van der Waals surface area contributed by atoms with E-state index in [9.17, 15) is 27.9 Å². The van der Waals surface area contributed by atoms with Crippen molar-refractivity contribution in [3.8, 4) is 0 Å². The first-order valence-electron chi connectivity index (χ1n) is 9.22. The molecular weight excluding hydrogens is 383 g/mol. The number of carbonyl (C=O) groups excluding carboxylic acids is 1. The highest BCUT2D eigenvalue weighted by atomic mass is 19.4. The van der Waals surface area contributed by atoms with E-state index < -0.39 is 17.7 Å². The molecule has 152 valence electrons. The van der Waals surface area contributed by atoms with Crippen LogP contribution in [0, 0.1) is 5.92 Å². The van der Waals surface area contributed by atoms with E-state index in [2.05, 4.69) is 0 Å². The summed E-state index contributed by atoms with van der Waals surface area (Å²) in [5, 5.41) is 9.23. The topological polar surface area (TPSA) is 57.6 Å². The van der Waals surface area contributed by atoms with Gasteiger partial charge >= 0.3 is 12.1 Å². The summed E-state index contributed by atoms with van der Waals surface area (Å²) in [6, 6.07) is 13.4. The van der Waals surface area contributed by atoms with Crippen molar-refractivity contribution in [3.05, 3.63) is 77.4 Å². The molecule has 0 unspecified atom stereocenters. The van der Waals surface area contributed by atoms with Gasteiger partial charge < -0.3 is 10.0 Å². The Bertz CT molecular complexity index is 897. The summed E-state index contributed by atoms with van der Waals surface area (Å²) in [4.78, 5) is 25.6. The van der Waals surface area contributed by atoms with Crippen molar-refractivity contribution in [2.24, 2.45) is 5.92 Å². The molecule has 4 nitrogen and oxygen atoms in total. The Balaban J connectivity index is 1.75. The first kappa shape index (κ1) is 20.6. The first-order valence-corrected chi connectivity index (χ1v) is 9.22. The molecule has 0 spiro atoms. The highest BCUT2D eigenvalue weighted by Gasteiger charge is 2.31. The Morgan fingerprint density at radius 3 is 2.03 bits per heavy atom. The van der Waals surface area contributed by atoms with Gasteiger partial charge in [0.05, 0.1) is 5.56 Å². The molecule has 2 aromatic rings. The van der Waals surface area contributed by atoms with E-state index in [1.54, 1.807) is 29.2 Å². The van der Waals surface area contributed by atoms with E-state index in [1.807, 2.05) is 6.07 Å². The highest BCUT2D eigenvalue weighted by Crippen LogP contribution is 2.35. The van der Waals surface area contributed by atoms with Crippen molar-refractivity contribution < 1.29 is 27.9 Å². The molecule has 0 bridgehead atoms. The molecule has 0 atom stereocenters. The third-order valence-corrected chi connectivity index (χ3v) is 5.07. The van der Waals surface area contributed by atoms with Gasteiger partial charge in [-0.2, -0.15) is 13.2 Å². The minimum atomic E-state index is -4.45. The average Bonchev–Trinajstić information content (AvgIpc) is 2.72. The SMILES string of the molecule is O=C(O)/C=C(\c1ccc(C(F)(F)F)cc1)C1CCN(C(=O)c2ccccc2)CC1. The van der Waals surface area contributed by atoms with Crippen LogP contribution >= 0.6 is 0 Å². The lowest BCUT2D eigenvalue weighted by atomic mass is 9.84. The van der Waals surface area contributed by atoms with Crippen molar-refractivity contribution in [2.75, 3.05) is 13.1 Å². The summed E-state index contributed by atoms with van der Waals surface area (Å²) >= 11 is 0. The second-order valence-electron chi connectivity index (χ2n) is 6.95. The zero-order valence-corrected chi connectivity index (χ0v) is 15.5. The van der Waals surface area contributed by atoms with Crippen LogP contribution in [0.15, 0.2) is 60.7 Å². The first-order chi connectivity index (χ1) is 13.8. The van der Waals surface area contributed by atoms with Crippen molar-refractivity contribution in [2.45, 2.75) is 19.0 Å². The number of benzene rings is 2. The number of halogens is 3. The zero-order valence-electron chi connectivity index (χ0n) is 15.5. The van der Waals surface area contributed by atoms with Gasteiger partial charge in [0.25, 0.3) is 5.91 Å². The molecule has 0 saturated carbocycles. The number of rotatable bonds is 4. The number of likely N-dealkylation sites (tertiary alicyclic amines) is 1. The second-order valence-corrected chi connectivity index (χ2v) is 6.95. The summed E-state index contributed by atoms with van der Waals surface area (Å²) in [6.45, 7) is 0.909. The van der Waals surface area contributed by atoms with Gasteiger partial charge in [0.2, 0.25) is 0 Å². The van der Waals surface area contributed by atoms with E-state index in [-0.39, 0.29) is 11.8 Å². The molecule has 1 saturated heterocycles. The fourth-order valence-electron chi connectivity index (χ4n) is 3.58. The number of aliphatic carboxylic acids is 1. The maximum atomic E-state index is 12.8. The molecule has 1 heterocycles. The quantitative estimate of drug-likeness (QED) is 0.752. The highest BCUT2D eigenvalue weighted by molar-refractivity contribution is 5.94. The van der Waals surface area contributed by atoms with Crippen LogP contribution in [0.25, 0.3) is 5.57 Å². The normalized spacial score (nSPS) is 16.0. The zero-order chi connectivity index (χ0) is 21.0. The number of hydrogen-bond donors (Lipinski definition) is 1. The lowest BCUT2D eigenvalue weighted by molar-refractivity contribution is -0.137. The number of alkyl halides is 3. The van der Waals surface area contributed by atoms with E-state index in [0.717, 1.165) is 18.2 Å². The van der Waals surface area contributed by atoms with Gasteiger partial charge in [-0.05, 0) is 54.2 Å². The van der Waals surface area contributed by atoms with Crippen molar-refractivity contribution in [3.63, 3.8) is 0 Å². The molecule has 7 heteroatoms. The molecule has 3 rings (SSSR count). The van der Waals surface area contributed by atoms with Crippen LogP contribution in [0.3, 0.4) is 0 Å². The third-order valence-electron chi connectivity index (χ3n) is 5.07. The fraction of sp³-hybridized carbons (Fsp3) is 0.273. The number of carboxylic acids is 1. The fourth-order valence-corrected chi connectivity index (χ4v) is 3.58. The van der Waals surface area contributed by atoms with Gasteiger partial charge in [0.1, 0.15) is 0 Å². The van der Waals surface area contributed by atoms with Crippen molar-refractivity contribution in [1.29, 1.82) is 0 Å². The number of allylic oxidation sites excluding steroid dienone is 1. The van der Waals surface area contributed by atoms with Crippen LogP contribution in [-0.4, -0.2) is 35.0 Å². The monoisotopic (exact) mass is 403 g/mol. The summed E-state index contributed by atoms with van der Waals surface area (Å²) in [6.07, 6.45) is -2.31. The predicted molar refractivity (Wildman–Crippen MR) is 102 cm³/mol. The maximum absolute atomic E-state index is 12.8. The van der Waals surface area contributed by atoms with Crippen LogP contribution in [0.1, 0.15) is 34.3 Å². The molecule has 0 aromatic heterocycles. The molecule has 2 aromatic carbocycles. The summed E-state index contributed by atoms with van der Waals surface area (Å²) < 4.78 is 38.4. The number of nitrogens with zero attached hydrogens (tertiary/aromatic N) is 1. The van der Waals surface area contributed by atoms with Gasteiger partial charge in [0, 0.05) is 24.7 Å². The largest absolute Gasteiger partial charge is 0.478 e. The third kappa shape index (κ3) is 5.04. The van der Waals surface area contributed by atoms with Crippen LogP contribution in [-0.2, 0) is 11.0 Å². The van der Waals surface area contributed by atoms with Gasteiger partial charge in [0.15, 0.2) is 0 Å². The molecular formula is C22H20F3NO3. The van der Waals surface area contributed by atoms with Crippen LogP contribution < -0.4 is 0 Å². The van der Waals surface area contributed by atoms with Crippen molar-refractivity contribution in [1.82, 2.24) is 4.90 Å². The number of carbonyl (C=O) groups is 2. The van der Waals surface area contributed by atoms with Gasteiger partial charge in [-0.25, -0.2) is 4.79 Å². The average molecular weight is 403 g/mol. The maximum Gasteiger partial charge on any atom is 0.416 e. The van der Waals surface area contributed by atoms with E-state index in [0.29, 0.717) is 42.6 Å². The number of piperidine rings is 1. The molecule has 0 radical (unpaired) electrons. The number of carboxylic acid groups (broad SMARTS) is 1. The van der Waals surface area contributed by atoms with Crippen LogP contribution in [0.5, 0.6) is 0 Å². The molecule has 0 aliphatic carbocycles. The summed E-state index contributed by atoms with van der Waals surface area (Å²) in [5.41, 5.74) is 0.750. The summed E-state index contributed by atoms with van der Waals surface area (Å²) in [5.74, 6) is -1.38.